The highest BCUT2D eigenvalue weighted by atomic mass is 16.5. The zero-order valence-electron chi connectivity index (χ0n) is 11.4. The second kappa shape index (κ2) is 8.25. The minimum Gasteiger partial charge on any atom is -0.389 e. The molecule has 2 rings (SSSR count). The highest BCUT2D eigenvalue weighted by Crippen LogP contribution is 2.20. The third-order valence-corrected chi connectivity index (χ3v) is 3.49. The minimum atomic E-state index is -0.439. The van der Waals surface area contributed by atoms with Crippen molar-refractivity contribution in [3.05, 3.63) is 30.1 Å². The van der Waals surface area contributed by atoms with Crippen LogP contribution in [0.25, 0.3) is 0 Å². The number of nitrogens with one attached hydrogen (secondary N) is 1. The topological polar surface area (TPSA) is 54.4 Å². The number of rotatable bonds is 7. The van der Waals surface area contributed by atoms with E-state index >= 15 is 0 Å². The lowest BCUT2D eigenvalue weighted by molar-refractivity contribution is -0.0230. The molecular formula is C15H24N2O2. The van der Waals surface area contributed by atoms with Gasteiger partial charge in [-0.3, -0.25) is 4.98 Å². The molecule has 0 aliphatic heterocycles. The van der Waals surface area contributed by atoms with Gasteiger partial charge in [-0.05, 0) is 25.0 Å². The number of hydrogen-bond acceptors (Lipinski definition) is 4. The van der Waals surface area contributed by atoms with Crippen molar-refractivity contribution in [3.8, 4) is 0 Å². The Bertz CT molecular complexity index is 339. The number of aliphatic hydroxyl groups is 1. The molecule has 0 radical (unpaired) electrons. The normalized spacial score (nSPS) is 18.4. The Labute approximate surface area is 115 Å². The second-order valence-corrected chi connectivity index (χ2v) is 5.20. The molecule has 1 aromatic rings. The molecular weight excluding hydrogens is 240 g/mol. The first-order valence-corrected chi connectivity index (χ1v) is 7.25. The van der Waals surface area contributed by atoms with E-state index in [1.165, 1.54) is 19.3 Å². The molecule has 0 spiro atoms. The van der Waals surface area contributed by atoms with Crippen molar-refractivity contribution in [2.75, 3.05) is 13.2 Å². The first-order valence-electron chi connectivity index (χ1n) is 7.25. The number of nitrogens with zero attached hydrogens (tertiary/aromatic N) is 1. The molecule has 1 fully saturated rings. The van der Waals surface area contributed by atoms with E-state index in [1.54, 1.807) is 6.20 Å². The molecule has 1 unspecified atom stereocenters. The van der Waals surface area contributed by atoms with Gasteiger partial charge in [-0.2, -0.15) is 0 Å². The number of pyridine rings is 1. The van der Waals surface area contributed by atoms with E-state index in [0.29, 0.717) is 25.8 Å². The Morgan fingerprint density at radius 3 is 2.89 bits per heavy atom. The monoisotopic (exact) mass is 264 g/mol. The lowest BCUT2D eigenvalue weighted by atomic mass is 9.98. The molecule has 1 aliphatic rings. The van der Waals surface area contributed by atoms with Gasteiger partial charge in [0.05, 0.1) is 24.5 Å². The van der Waals surface area contributed by atoms with Crippen LogP contribution in [-0.4, -0.2) is 35.5 Å². The average Bonchev–Trinajstić information content (AvgIpc) is 2.47. The third kappa shape index (κ3) is 5.68. The van der Waals surface area contributed by atoms with Crippen LogP contribution >= 0.6 is 0 Å². The number of hydrogen-bond donors (Lipinski definition) is 2. The molecule has 0 saturated heterocycles. The van der Waals surface area contributed by atoms with E-state index in [4.69, 9.17) is 4.74 Å². The molecule has 106 valence electrons. The molecule has 1 aromatic heterocycles. The van der Waals surface area contributed by atoms with Crippen LogP contribution in [0, 0.1) is 0 Å². The lowest BCUT2D eigenvalue weighted by Crippen LogP contribution is -2.32. The Morgan fingerprint density at radius 2 is 2.16 bits per heavy atom. The van der Waals surface area contributed by atoms with Gasteiger partial charge in [0.15, 0.2) is 0 Å². The van der Waals surface area contributed by atoms with E-state index in [-0.39, 0.29) is 0 Å². The predicted molar refractivity (Wildman–Crippen MR) is 74.8 cm³/mol. The van der Waals surface area contributed by atoms with E-state index in [0.717, 1.165) is 18.5 Å². The Hall–Kier alpha value is -0.970. The molecule has 1 atom stereocenters. The van der Waals surface area contributed by atoms with Gasteiger partial charge in [-0.15, -0.1) is 0 Å². The van der Waals surface area contributed by atoms with Crippen LogP contribution in [0.5, 0.6) is 0 Å². The molecule has 4 heteroatoms. The first-order chi connectivity index (χ1) is 9.34. The number of ether oxygens (including phenoxy) is 1. The summed E-state index contributed by atoms with van der Waals surface area (Å²) in [5, 5.41) is 13.0. The van der Waals surface area contributed by atoms with Crippen LogP contribution in [0.1, 0.15) is 37.8 Å². The van der Waals surface area contributed by atoms with Crippen LogP contribution in [0.15, 0.2) is 24.4 Å². The summed E-state index contributed by atoms with van der Waals surface area (Å²) in [6, 6.07) is 5.83. The lowest BCUT2D eigenvalue weighted by Gasteiger charge is -2.23. The van der Waals surface area contributed by atoms with E-state index in [2.05, 4.69) is 10.3 Å². The maximum Gasteiger partial charge on any atom is 0.0897 e. The summed E-state index contributed by atoms with van der Waals surface area (Å²) in [7, 11) is 0. The summed E-state index contributed by atoms with van der Waals surface area (Å²) in [4.78, 5) is 4.22. The molecule has 1 heterocycles. The van der Waals surface area contributed by atoms with Crippen molar-refractivity contribution in [1.82, 2.24) is 10.3 Å². The summed E-state index contributed by atoms with van der Waals surface area (Å²) in [5.41, 5.74) is 0.989. The summed E-state index contributed by atoms with van der Waals surface area (Å²) < 4.78 is 5.74. The predicted octanol–water partition coefficient (Wildman–Crippen LogP) is 1.88. The Kier molecular flexibility index (Phi) is 6.27. The van der Waals surface area contributed by atoms with E-state index in [1.807, 2.05) is 18.2 Å². The minimum absolute atomic E-state index is 0.360. The highest BCUT2D eigenvalue weighted by Gasteiger charge is 2.15. The van der Waals surface area contributed by atoms with E-state index < -0.39 is 6.10 Å². The van der Waals surface area contributed by atoms with Crippen LogP contribution < -0.4 is 5.32 Å². The molecule has 0 bridgehead atoms. The van der Waals surface area contributed by atoms with Crippen molar-refractivity contribution in [3.63, 3.8) is 0 Å². The Morgan fingerprint density at radius 1 is 1.32 bits per heavy atom. The number of aromatic nitrogens is 1. The van der Waals surface area contributed by atoms with Crippen LogP contribution in [-0.2, 0) is 11.3 Å². The molecule has 2 N–H and O–H groups in total. The molecule has 1 aliphatic carbocycles. The van der Waals surface area contributed by atoms with Gasteiger partial charge in [0.1, 0.15) is 0 Å². The van der Waals surface area contributed by atoms with Gasteiger partial charge in [-0.25, -0.2) is 0 Å². The summed E-state index contributed by atoms with van der Waals surface area (Å²) >= 11 is 0. The molecule has 1 saturated carbocycles. The highest BCUT2D eigenvalue weighted by molar-refractivity contribution is 5.02. The fourth-order valence-electron chi connectivity index (χ4n) is 2.41. The molecule has 0 amide bonds. The van der Waals surface area contributed by atoms with Crippen molar-refractivity contribution in [1.29, 1.82) is 0 Å². The summed E-state index contributed by atoms with van der Waals surface area (Å²) in [5.74, 6) is 0. The summed E-state index contributed by atoms with van der Waals surface area (Å²) in [6.07, 6.45) is 7.84. The largest absolute Gasteiger partial charge is 0.389 e. The average molecular weight is 264 g/mol. The maximum absolute atomic E-state index is 9.85. The zero-order valence-corrected chi connectivity index (χ0v) is 11.4. The van der Waals surface area contributed by atoms with Crippen LogP contribution in [0.4, 0.5) is 0 Å². The zero-order chi connectivity index (χ0) is 13.3. The fourth-order valence-corrected chi connectivity index (χ4v) is 2.41. The fraction of sp³-hybridized carbons (Fsp3) is 0.667. The molecule has 19 heavy (non-hydrogen) atoms. The SMILES string of the molecule is OC(CNCc1ccccn1)COC1CCCCC1. The van der Waals surface area contributed by atoms with Gasteiger partial charge in [0.2, 0.25) is 0 Å². The smallest absolute Gasteiger partial charge is 0.0897 e. The molecule has 4 nitrogen and oxygen atoms in total. The van der Waals surface area contributed by atoms with Crippen LogP contribution in [0.2, 0.25) is 0 Å². The third-order valence-electron chi connectivity index (χ3n) is 3.49. The standard InChI is InChI=1S/C15H24N2O2/c18-14(12-19-15-7-2-1-3-8-15)11-16-10-13-6-4-5-9-17-13/h4-6,9,14-16,18H,1-3,7-8,10-12H2. The summed E-state index contributed by atoms with van der Waals surface area (Å²) in [6.45, 7) is 1.66. The maximum atomic E-state index is 9.85. The van der Waals surface area contributed by atoms with Crippen LogP contribution in [0.3, 0.4) is 0 Å². The second-order valence-electron chi connectivity index (χ2n) is 5.20. The molecule has 0 aromatic carbocycles. The van der Waals surface area contributed by atoms with Crippen molar-refractivity contribution >= 4 is 0 Å². The Balaban J connectivity index is 1.55. The van der Waals surface area contributed by atoms with Crippen molar-refractivity contribution in [2.24, 2.45) is 0 Å². The van der Waals surface area contributed by atoms with Gasteiger partial charge >= 0.3 is 0 Å². The van der Waals surface area contributed by atoms with Gasteiger partial charge in [0.25, 0.3) is 0 Å². The van der Waals surface area contributed by atoms with Gasteiger partial charge in [-0.1, -0.05) is 25.3 Å². The van der Waals surface area contributed by atoms with Crippen molar-refractivity contribution in [2.45, 2.75) is 50.9 Å². The van der Waals surface area contributed by atoms with Crippen molar-refractivity contribution < 1.29 is 9.84 Å². The first kappa shape index (κ1) is 14.4. The van der Waals surface area contributed by atoms with E-state index in [9.17, 15) is 5.11 Å². The van der Waals surface area contributed by atoms with Gasteiger partial charge in [0, 0.05) is 19.3 Å². The number of aliphatic hydroxyl groups excluding tert-OH is 1. The quantitative estimate of drug-likeness (QED) is 0.789. The van der Waals surface area contributed by atoms with Gasteiger partial charge < -0.3 is 15.2 Å².